The Kier molecular flexibility index (Phi) is 8.75. The molecule has 0 bridgehead atoms. The Hall–Kier alpha value is -3.07. The summed E-state index contributed by atoms with van der Waals surface area (Å²) in [6.45, 7) is 4.31. The fourth-order valence-electron chi connectivity index (χ4n) is 4.75. The molecular formula is C29H28Cl2N4O3S. The van der Waals surface area contributed by atoms with Gasteiger partial charge in [-0.1, -0.05) is 66.7 Å². The maximum atomic E-state index is 12.8. The molecule has 2 aromatic carbocycles. The van der Waals surface area contributed by atoms with Crippen LogP contribution >= 0.6 is 35.0 Å². The Balaban J connectivity index is 1.26. The number of allylic oxidation sites excluding steroid dienone is 1. The number of fused-ring (bicyclic) bond motifs is 1. The van der Waals surface area contributed by atoms with Gasteiger partial charge >= 0.3 is 0 Å². The summed E-state index contributed by atoms with van der Waals surface area (Å²) in [6, 6.07) is 11.1. The van der Waals surface area contributed by atoms with E-state index in [9.17, 15) is 4.79 Å². The summed E-state index contributed by atoms with van der Waals surface area (Å²) in [5.74, 6) is 0.971. The number of thioether (sulfide) groups is 1. The number of hydrogen-bond acceptors (Lipinski definition) is 6. The van der Waals surface area contributed by atoms with Crippen LogP contribution in [0.25, 0.3) is 6.08 Å². The first-order valence-electron chi connectivity index (χ1n) is 12.9. The van der Waals surface area contributed by atoms with Gasteiger partial charge < -0.3 is 9.47 Å². The van der Waals surface area contributed by atoms with Crippen molar-refractivity contribution in [3.05, 3.63) is 75.8 Å². The molecule has 1 saturated carbocycles. The highest BCUT2D eigenvalue weighted by atomic mass is 35.5. The summed E-state index contributed by atoms with van der Waals surface area (Å²) in [7, 11) is 0. The van der Waals surface area contributed by atoms with Gasteiger partial charge in [-0.25, -0.2) is 0 Å². The summed E-state index contributed by atoms with van der Waals surface area (Å²) in [5, 5.41) is 16.7. The van der Waals surface area contributed by atoms with Gasteiger partial charge in [0.05, 0.1) is 15.6 Å². The smallest absolute Gasteiger partial charge is 0.283 e. The number of carbonyl (C=O) groups excluding carboxylic acids is 1. The zero-order valence-corrected chi connectivity index (χ0v) is 23.6. The molecule has 1 amide bonds. The second kappa shape index (κ2) is 12.4. The summed E-state index contributed by atoms with van der Waals surface area (Å²) >= 11 is 14.4. The van der Waals surface area contributed by atoms with E-state index in [1.807, 2.05) is 30.3 Å². The fraction of sp³-hybridized carbons (Fsp3) is 0.310. The highest BCUT2D eigenvalue weighted by Crippen LogP contribution is 2.38. The first-order valence-corrected chi connectivity index (χ1v) is 14.5. The molecule has 1 aliphatic carbocycles. The van der Waals surface area contributed by atoms with Gasteiger partial charge in [0, 0.05) is 5.92 Å². The zero-order chi connectivity index (χ0) is 27.4. The van der Waals surface area contributed by atoms with E-state index in [1.54, 1.807) is 18.2 Å². The minimum Gasteiger partial charge on any atom is -0.490 e. The number of para-hydroxylation sites is 1. The minimum absolute atomic E-state index is 0.00948. The van der Waals surface area contributed by atoms with Gasteiger partial charge in [-0.3, -0.25) is 10.2 Å². The zero-order valence-electron chi connectivity index (χ0n) is 21.3. The monoisotopic (exact) mass is 582 g/mol. The molecule has 0 radical (unpaired) electrons. The van der Waals surface area contributed by atoms with Crippen LogP contribution in [0.3, 0.4) is 0 Å². The predicted molar refractivity (Wildman–Crippen MR) is 159 cm³/mol. The fourth-order valence-corrected chi connectivity index (χ4v) is 6.43. The van der Waals surface area contributed by atoms with Crippen molar-refractivity contribution >= 4 is 63.0 Å². The van der Waals surface area contributed by atoms with Crippen LogP contribution in [0.4, 0.5) is 0 Å². The van der Waals surface area contributed by atoms with Crippen LogP contribution < -0.4 is 9.47 Å². The minimum atomic E-state index is -0.486. The number of benzene rings is 2. The summed E-state index contributed by atoms with van der Waals surface area (Å²) in [5.41, 5.74) is 1.73. The number of ether oxygens (including phenoxy) is 2. The number of nitrogens with one attached hydrogen (secondary N) is 1. The number of halogens is 2. The molecule has 1 fully saturated rings. The molecule has 0 unspecified atom stereocenters. The van der Waals surface area contributed by atoms with E-state index in [2.05, 4.69) is 16.7 Å². The van der Waals surface area contributed by atoms with Crippen LogP contribution in [0, 0.1) is 11.3 Å². The number of nitrogens with zero attached hydrogens (tertiary/aromatic N) is 3. The van der Waals surface area contributed by atoms with Crippen molar-refractivity contribution in [2.75, 3.05) is 13.2 Å². The normalized spacial score (nSPS) is 18.6. The third kappa shape index (κ3) is 6.24. The molecular weight excluding hydrogens is 555 g/mol. The Labute approximate surface area is 242 Å². The van der Waals surface area contributed by atoms with Crippen LogP contribution in [-0.2, 0) is 11.2 Å². The molecule has 2 heterocycles. The topological polar surface area (TPSA) is 87.3 Å². The lowest BCUT2D eigenvalue weighted by Crippen LogP contribution is -2.35. The van der Waals surface area contributed by atoms with E-state index in [0.29, 0.717) is 35.4 Å². The van der Waals surface area contributed by atoms with Gasteiger partial charge in [0.1, 0.15) is 24.0 Å². The average molecular weight is 584 g/mol. The van der Waals surface area contributed by atoms with Crippen molar-refractivity contribution in [1.82, 2.24) is 5.01 Å². The third-order valence-electron chi connectivity index (χ3n) is 6.68. The Morgan fingerprint density at radius 2 is 1.82 bits per heavy atom. The largest absolute Gasteiger partial charge is 0.490 e. The lowest BCUT2D eigenvalue weighted by Gasteiger charge is -2.20. The molecule has 1 N–H and O–H groups in total. The van der Waals surface area contributed by atoms with Crippen LogP contribution in [0.2, 0.25) is 10.0 Å². The van der Waals surface area contributed by atoms with Gasteiger partial charge in [0.2, 0.25) is 5.17 Å². The molecule has 202 valence electrons. The molecule has 39 heavy (non-hydrogen) atoms. The number of hydrogen-bond donors (Lipinski definition) is 1. The van der Waals surface area contributed by atoms with Gasteiger partial charge in [0.15, 0.2) is 11.6 Å². The Morgan fingerprint density at radius 1 is 1.10 bits per heavy atom. The van der Waals surface area contributed by atoms with E-state index in [1.165, 1.54) is 36.0 Å². The van der Waals surface area contributed by atoms with Crippen LogP contribution in [0.1, 0.15) is 43.2 Å². The van der Waals surface area contributed by atoms with E-state index in [0.717, 1.165) is 29.2 Å². The number of hydrazone groups is 1. The van der Waals surface area contributed by atoms with E-state index >= 15 is 0 Å². The van der Waals surface area contributed by atoms with Crippen molar-refractivity contribution in [3.8, 4) is 11.5 Å². The lowest BCUT2D eigenvalue weighted by atomic mass is 9.90. The number of rotatable bonds is 9. The molecule has 0 saturated heterocycles. The lowest BCUT2D eigenvalue weighted by molar-refractivity contribution is -0.114. The average Bonchev–Trinajstić information content (AvgIpc) is 3.36. The van der Waals surface area contributed by atoms with Crippen molar-refractivity contribution in [3.63, 3.8) is 0 Å². The van der Waals surface area contributed by atoms with Crippen molar-refractivity contribution < 1.29 is 14.3 Å². The molecule has 10 heteroatoms. The van der Waals surface area contributed by atoms with E-state index < -0.39 is 5.91 Å². The quantitative estimate of drug-likeness (QED) is 0.189. The molecule has 2 aliphatic heterocycles. The maximum Gasteiger partial charge on any atom is 0.283 e. The Morgan fingerprint density at radius 3 is 2.56 bits per heavy atom. The highest BCUT2D eigenvalue weighted by molar-refractivity contribution is 8.27. The summed E-state index contributed by atoms with van der Waals surface area (Å²) in [6.07, 6.45) is 9.86. The van der Waals surface area contributed by atoms with Gasteiger partial charge in [0.25, 0.3) is 5.91 Å². The molecule has 3 aliphatic rings. The molecule has 7 nitrogen and oxygen atoms in total. The molecule has 2 aromatic rings. The van der Waals surface area contributed by atoms with Crippen molar-refractivity contribution in [1.29, 1.82) is 5.41 Å². The number of aliphatic imine (C=N–C) groups is 1. The first-order chi connectivity index (χ1) is 18.9. The molecule has 0 aromatic heterocycles. The van der Waals surface area contributed by atoms with Gasteiger partial charge in [-0.15, -0.1) is 6.58 Å². The second-order valence-electron chi connectivity index (χ2n) is 9.40. The first kappa shape index (κ1) is 27.5. The highest BCUT2D eigenvalue weighted by Gasteiger charge is 2.38. The molecule has 5 rings (SSSR count). The Bertz CT molecular complexity index is 1380. The predicted octanol–water partition coefficient (Wildman–Crippen LogP) is 7.38. The number of carbonyl (C=O) groups is 1. The number of amidine groups is 2. The van der Waals surface area contributed by atoms with Crippen LogP contribution in [0.15, 0.2) is 64.7 Å². The summed E-state index contributed by atoms with van der Waals surface area (Å²) in [4.78, 5) is 17.0. The van der Waals surface area contributed by atoms with Crippen molar-refractivity contribution in [2.45, 2.75) is 38.5 Å². The molecule has 0 spiro atoms. The SMILES string of the molecule is C=CCc1ccccc1OCCOc1c(Cl)cc(/C=C2/C(=N)N3N=C(C4CCCCC4)SC3=NC2=O)cc1Cl. The van der Waals surface area contributed by atoms with Gasteiger partial charge in [-0.05, 0) is 66.4 Å². The van der Waals surface area contributed by atoms with Crippen LogP contribution in [0.5, 0.6) is 11.5 Å². The van der Waals surface area contributed by atoms with Gasteiger partial charge in [-0.2, -0.15) is 15.1 Å². The standard InChI is InChI=1S/C29H28Cl2N4O3S/c1-2-8-19-9-6-7-12-24(19)37-13-14-38-25-22(30)16-18(17-23(25)31)15-21-26(32)35-29(33-27(21)36)39-28(34-35)20-10-4-3-5-11-20/h2,6-7,9,12,15-17,20,32H,1,3-5,8,10-11,13-14H2/b21-15-,32-26?. The van der Waals surface area contributed by atoms with E-state index in [4.69, 9.17) is 38.1 Å². The molecule has 0 atom stereocenters. The third-order valence-corrected chi connectivity index (χ3v) is 8.31. The summed E-state index contributed by atoms with van der Waals surface area (Å²) < 4.78 is 11.7. The van der Waals surface area contributed by atoms with E-state index in [-0.39, 0.29) is 28.1 Å². The van der Waals surface area contributed by atoms with Crippen LogP contribution in [-0.4, -0.2) is 40.2 Å². The number of amides is 1. The van der Waals surface area contributed by atoms with Crippen molar-refractivity contribution in [2.24, 2.45) is 16.0 Å². The maximum absolute atomic E-state index is 12.8. The second-order valence-corrected chi connectivity index (χ2v) is 11.2.